The molecule has 0 saturated heterocycles. The second-order valence-corrected chi connectivity index (χ2v) is 4.16. The Morgan fingerprint density at radius 1 is 1.53 bits per heavy atom. The van der Waals surface area contributed by atoms with Gasteiger partial charge in [-0.1, -0.05) is 5.16 Å². The Hall–Kier alpha value is -1.99. The van der Waals surface area contributed by atoms with Crippen molar-refractivity contribution < 1.29 is 18.4 Å². The maximum atomic E-state index is 12.4. The Morgan fingerprint density at radius 2 is 2.16 bits per heavy atom. The summed E-state index contributed by atoms with van der Waals surface area (Å²) < 4.78 is 37.2. The second-order valence-electron chi connectivity index (χ2n) is 4.16. The quantitative estimate of drug-likeness (QED) is 0.382. The van der Waals surface area contributed by atoms with Crippen molar-refractivity contribution in [2.45, 2.75) is 25.6 Å². The van der Waals surface area contributed by atoms with Gasteiger partial charge in [0.2, 0.25) is 0 Å². The highest BCUT2D eigenvalue weighted by atomic mass is 19.4. The van der Waals surface area contributed by atoms with Gasteiger partial charge in [0.25, 0.3) is 0 Å². The molecule has 1 atom stereocenters. The van der Waals surface area contributed by atoms with Crippen LogP contribution in [-0.2, 0) is 6.18 Å². The molecule has 0 spiro atoms. The summed E-state index contributed by atoms with van der Waals surface area (Å²) in [6.45, 7) is 1.79. The molecular formula is C11H15F3N4O. The molecule has 1 aromatic rings. The zero-order valence-corrected chi connectivity index (χ0v) is 10.5. The maximum absolute atomic E-state index is 12.4. The van der Waals surface area contributed by atoms with Crippen molar-refractivity contribution in [2.75, 3.05) is 11.9 Å². The first kappa shape index (κ1) is 15.1. The lowest BCUT2D eigenvalue weighted by atomic mass is 10.2. The van der Waals surface area contributed by atoms with E-state index < -0.39 is 11.7 Å². The molecule has 19 heavy (non-hydrogen) atoms. The number of pyridine rings is 1. The standard InChI is InChI=1S/C11H15F3N4O/c1-7(5-9(15)17-19)18(2)10-4-3-8(6-16-10)11(12,13)14/h3-4,6-7,19H,5H2,1-2H3,(H2,15,17). The van der Waals surface area contributed by atoms with E-state index in [2.05, 4.69) is 10.1 Å². The average molecular weight is 276 g/mol. The molecule has 0 bridgehead atoms. The van der Waals surface area contributed by atoms with E-state index in [1.807, 2.05) is 0 Å². The third kappa shape index (κ3) is 4.01. The molecule has 106 valence electrons. The summed E-state index contributed by atoms with van der Waals surface area (Å²) >= 11 is 0. The monoisotopic (exact) mass is 276 g/mol. The normalized spacial score (nSPS) is 14.3. The Bertz CT molecular complexity index is 444. The number of hydrogen-bond acceptors (Lipinski definition) is 4. The fourth-order valence-electron chi connectivity index (χ4n) is 1.47. The predicted molar refractivity (Wildman–Crippen MR) is 65.1 cm³/mol. The zero-order valence-electron chi connectivity index (χ0n) is 10.5. The van der Waals surface area contributed by atoms with Gasteiger partial charge in [-0.05, 0) is 19.1 Å². The molecule has 3 N–H and O–H groups in total. The Labute approximate surface area is 108 Å². The highest BCUT2D eigenvalue weighted by molar-refractivity contribution is 5.80. The van der Waals surface area contributed by atoms with Crippen molar-refractivity contribution in [3.63, 3.8) is 0 Å². The summed E-state index contributed by atoms with van der Waals surface area (Å²) in [6.07, 6.45) is -3.35. The van der Waals surface area contributed by atoms with E-state index in [1.165, 1.54) is 6.07 Å². The average Bonchev–Trinajstić information content (AvgIpc) is 2.36. The molecule has 8 heteroatoms. The number of halogens is 3. The number of anilines is 1. The number of oxime groups is 1. The Morgan fingerprint density at radius 3 is 2.58 bits per heavy atom. The van der Waals surface area contributed by atoms with Crippen molar-refractivity contribution in [3.05, 3.63) is 23.9 Å². The largest absolute Gasteiger partial charge is 0.417 e. The zero-order chi connectivity index (χ0) is 14.6. The summed E-state index contributed by atoms with van der Waals surface area (Å²) in [4.78, 5) is 5.41. The molecule has 0 aromatic carbocycles. The molecule has 0 aliphatic carbocycles. The van der Waals surface area contributed by atoms with Crippen molar-refractivity contribution in [2.24, 2.45) is 10.9 Å². The van der Waals surface area contributed by atoms with Crippen LogP contribution in [0.5, 0.6) is 0 Å². The predicted octanol–water partition coefficient (Wildman–Crippen LogP) is 2.06. The van der Waals surface area contributed by atoms with Crippen LogP contribution in [0.1, 0.15) is 18.9 Å². The van der Waals surface area contributed by atoms with Gasteiger partial charge in [-0.25, -0.2) is 4.98 Å². The van der Waals surface area contributed by atoms with E-state index in [0.717, 1.165) is 12.3 Å². The molecule has 1 unspecified atom stereocenters. The van der Waals surface area contributed by atoms with Crippen molar-refractivity contribution in [1.82, 2.24) is 4.98 Å². The fraction of sp³-hybridized carbons (Fsp3) is 0.455. The molecule has 1 heterocycles. The van der Waals surface area contributed by atoms with Gasteiger partial charge in [0, 0.05) is 25.7 Å². The summed E-state index contributed by atoms with van der Waals surface area (Å²) in [5.74, 6) is 0.428. The fourth-order valence-corrected chi connectivity index (χ4v) is 1.47. The number of amidine groups is 1. The minimum atomic E-state index is -4.40. The van der Waals surface area contributed by atoms with E-state index in [9.17, 15) is 13.2 Å². The van der Waals surface area contributed by atoms with E-state index in [4.69, 9.17) is 10.9 Å². The molecule has 0 aliphatic heterocycles. The lowest BCUT2D eigenvalue weighted by molar-refractivity contribution is -0.137. The van der Waals surface area contributed by atoms with E-state index in [1.54, 1.807) is 18.9 Å². The highest BCUT2D eigenvalue weighted by Gasteiger charge is 2.30. The molecule has 0 radical (unpaired) electrons. The number of nitrogens with two attached hydrogens (primary N) is 1. The first-order valence-corrected chi connectivity index (χ1v) is 5.48. The van der Waals surface area contributed by atoms with Gasteiger partial charge in [0.1, 0.15) is 11.7 Å². The SMILES string of the molecule is CC(CC(N)=NO)N(C)c1ccc(C(F)(F)F)cn1. The Kier molecular flexibility index (Phi) is 4.57. The van der Waals surface area contributed by atoms with Crippen LogP contribution < -0.4 is 10.6 Å². The molecule has 0 amide bonds. The minimum Gasteiger partial charge on any atom is -0.409 e. The molecule has 0 fully saturated rings. The van der Waals surface area contributed by atoms with Crippen LogP contribution in [0.25, 0.3) is 0 Å². The van der Waals surface area contributed by atoms with Gasteiger partial charge in [-0.15, -0.1) is 0 Å². The maximum Gasteiger partial charge on any atom is 0.417 e. The second kappa shape index (κ2) is 5.77. The summed E-state index contributed by atoms with van der Waals surface area (Å²) in [7, 11) is 1.67. The smallest absolute Gasteiger partial charge is 0.409 e. The number of hydrogen-bond donors (Lipinski definition) is 2. The first-order chi connectivity index (χ1) is 8.75. The number of aromatic nitrogens is 1. The molecular weight excluding hydrogens is 261 g/mol. The van der Waals surface area contributed by atoms with Crippen LogP contribution in [0, 0.1) is 0 Å². The Balaban J connectivity index is 2.80. The molecule has 5 nitrogen and oxygen atoms in total. The highest BCUT2D eigenvalue weighted by Crippen LogP contribution is 2.29. The van der Waals surface area contributed by atoms with E-state index in [-0.39, 0.29) is 18.3 Å². The summed E-state index contributed by atoms with van der Waals surface area (Å²) in [5.41, 5.74) is 4.58. The van der Waals surface area contributed by atoms with Gasteiger partial charge in [0.15, 0.2) is 0 Å². The minimum absolute atomic E-state index is 0.0475. The molecule has 1 aromatic heterocycles. The number of alkyl halides is 3. The molecule has 1 rings (SSSR count). The molecule has 0 saturated carbocycles. The van der Waals surface area contributed by atoms with E-state index >= 15 is 0 Å². The lowest BCUT2D eigenvalue weighted by Gasteiger charge is -2.25. The van der Waals surface area contributed by atoms with Crippen LogP contribution in [-0.4, -0.2) is 29.1 Å². The van der Waals surface area contributed by atoms with Gasteiger partial charge in [-0.3, -0.25) is 0 Å². The lowest BCUT2D eigenvalue weighted by Crippen LogP contribution is -2.33. The third-order valence-corrected chi connectivity index (χ3v) is 2.73. The number of nitrogens with zero attached hydrogens (tertiary/aromatic N) is 3. The van der Waals surface area contributed by atoms with Crippen LogP contribution in [0.4, 0.5) is 19.0 Å². The summed E-state index contributed by atoms with van der Waals surface area (Å²) in [5, 5.41) is 11.3. The van der Waals surface area contributed by atoms with Crippen molar-refractivity contribution >= 4 is 11.7 Å². The van der Waals surface area contributed by atoms with Crippen LogP contribution in [0.3, 0.4) is 0 Å². The van der Waals surface area contributed by atoms with Gasteiger partial charge < -0.3 is 15.8 Å². The number of rotatable bonds is 4. The van der Waals surface area contributed by atoms with Crippen LogP contribution in [0.15, 0.2) is 23.5 Å². The van der Waals surface area contributed by atoms with Gasteiger partial charge >= 0.3 is 6.18 Å². The first-order valence-electron chi connectivity index (χ1n) is 5.48. The molecule has 0 aliphatic rings. The van der Waals surface area contributed by atoms with Crippen LogP contribution >= 0.6 is 0 Å². The van der Waals surface area contributed by atoms with Crippen molar-refractivity contribution in [1.29, 1.82) is 0 Å². The van der Waals surface area contributed by atoms with Crippen molar-refractivity contribution in [3.8, 4) is 0 Å². The third-order valence-electron chi connectivity index (χ3n) is 2.73. The van der Waals surface area contributed by atoms with E-state index in [0.29, 0.717) is 5.82 Å². The van der Waals surface area contributed by atoms with Crippen LogP contribution in [0.2, 0.25) is 0 Å². The van der Waals surface area contributed by atoms with Gasteiger partial charge in [0.05, 0.1) is 5.56 Å². The summed E-state index contributed by atoms with van der Waals surface area (Å²) in [6, 6.07) is 2.08. The topological polar surface area (TPSA) is 74.7 Å². The van der Waals surface area contributed by atoms with Gasteiger partial charge in [-0.2, -0.15) is 13.2 Å².